The molecule has 0 aliphatic rings. The van der Waals surface area contributed by atoms with Crippen molar-refractivity contribution in [2.24, 2.45) is 0 Å². The molecule has 1 heteroatoms. The van der Waals surface area contributed by atoms with Crippen LogP contribution in [-0.4, -0.2) is 11.2 Å². The fourth-order valence-electron chi connectivity index (χ4n) is 1.78. The van der Waals surface area contributed by atoms with E-state index in [9.17, 15) is 5.11 Å². The van der Waals surface area contributed by atoms with Crippen LogP contribution in [0.15, 0.2) is 42.5 Å². The van der Waals surface area contributed by atoms with E-state index < -0.39 is 0 Å². The molecule has 0 heterocycles. The van der Waals surface area contributed by atoms with Gasteiger partial charge in [0, 0.05) is 0 Å². The van der Waals surface area contributed by atoms with Gasteiger partial charge in [0.25, 0.3) is 0 Å². The largest absolute Gasteiger partial charge is 0.393 e. The van der Waals surface area contributed by atoms with Gasteiger partial charge >= 0.3 is 0 Å². The lowest BCUT2D eigenvalue weighted by Crippen LogP contribution is -2.08. The standard InChI is InChI=1S/C14H16O/c1-2-14(15)10-11-7-8-12-5-3-4-6-13(12)9-11/h3-9,14-15H,2,10H2,1H3. The van der Waals surface area contributed by atoms with Crippen LogP contribution in [0.4, 0.5) is 0 Å². The van der Waals surface area contributed by atoms with Crippen LogP contribution in [0.3, 0.4) is 0 Å². The first-order valence-electron chi connectivity index (χ1n) is 5.45. The highest BCUT2D eigenvalue weighted by Crippen LogP contribution is 2.16. The van der Waals surface area contributed by atoms with Gasteiger partial charge in [-0.2, -0.15) is 0 Å². The van der Waals surface area contributed by atoms with E-state index in [-0.39, 0.29) is 6.10 Å². The molecule has 15 heavy (non-hydrogen) atoms. The highest BCUT2D eigenvalue weighted by atomic mass is 16.3. The average molecular weight is 200 g/mol. The molecule has 0 bridgehead atoms. The molecule has 2 aromatic rings. The number of hydrogen-bond donors (Lipinski definition) is 1. The zero-order valence-electron chi connectivity index (χ0n) is 8.98. The Morgan fingerprint density at radius 1 is 1.07 bits per heavy atom. The molecule has 1 unspecified atom stereocenters. The van der Waals surface area contributed by atoms with E-state index in [0.29, 0.717) is 0 Å². The van der Waals surface area contributed by atoms with Crippen LogP contribution >= 0.6 is 0 Å². The molecule has 0 fully saturated rings. The highest BCUT2D eigenvalue weighted by molar-refractivity contribution is 5.82. The lowest BCUT2D eigenvalue weighted by Gasteiger charge is -2.08. The molecule has 0 saturated heterocycles. The molecule has 2 rings (SSSR count). The molecule has 78 valence electrons. The molecule has 0 aliphatic carbocycles. The van der Waals surface area contributed by atoms with Gasteiger partial charge in [-0.25, -0.2) is 0 Å². The zero-order valence-corrected chi connectivity index (χ0v) is 8.98. The quantitative estimate of drug-likeness (QED) is 0.807. The zero-order chi connectivity index (χ0) is 10.7. The van der Waals surface area contributed by atoms with Crippen molar-refractivity contribution in [3.05, 3.63) is 48.0 Å². The molecule has 2 aromatic carbocycles. The molecule has 1 N–H and O–H groups in total. The van der Waals surface area contributed by atoms with Crippen molar-refractivity contribution < 1.29 is 5.11 Å². The third-order valence-corrected chi connectivity index (χ3v) is 2.76. The summed E-state index contributed by atoms with van der Waals surface area (Å²) < 4.78 is 0. The van der Waals surface area contributed by atoms with Crippen LogP contribution in [0.2, 0.25) is 0 Å². The number of rotatable bonds is 3. The Morgan fingerprint density at radius 3 is 2.53 bits per heavy atom. The monoisotopic (exact) mass is 200 g/mol. The van der Waals surface area contributed by atoms with Crippen molar-refractivity contribution >= 4 is 10.8 Å². The van der Waals surface area contributed by atoms with Gasteiger partial charge in [0.15, 0.2) is 0 Å². The first-order valence-corrected chi connectivity index (χ1v) is 5.45. The molecule has 1 atom stereocenters. The molecule has 0 aliphatic heterocycles. The normalized spacial score (nSPS) is 12.9. The summed E-state index contributed by atoms with van der Waals surface area (Å²) in [5.74, 6) is 0. The van der Waals surface area contributed by atoms with Crippen LogP contribution in [0.1, 0.15) is 18.9 Å². The number of benzene rings is 2. The second kappa shape index (κ2) is 4.45. The fraction of sp³-hybridized carbons (Fsp3) is 0.286. The lowest BCUT2D eigenvalue weighted by molar-refractivity contribution is 0.171. The van der Waals surface area contributed by atoms with Crippen molar-refractivity contribution in [2.75, 3.05) is 0 Å². The maximum Gasteiger partial charge on any atom is 0.0577 e. The van der Waals surface area contributed by atoms with Crippen LogP contribution in [0.25, 0.3) is 10.8 Å². The molecular weight excluding hydrogens is 184 g/mol. The number of aliphatic hydroxyl groups is 1. The first-order chi connectivity index (χ1) is 7.29. The summed E-state index contributed by atoms with van der Waals surface area (Å²) >= 11 is 0. The minimum Gasteiger partial charge on any atom is -0.393 e. The van der Waals surface area contributed by atoms with Gasteiger partial charge < -0.3 is 5.11 Å². The maximum absolute atomic E-state index is 9.58. The Morgan fingerprint density at radius 2 is 1.80 bits per heavy atom. The third-order valence-electron chi connectivity index (χ3n) is 2.76. The SMILES string of the molecule is CCC(O)Cc1ccc2ccccc2c1. The Bertz CT molecular complexity index is 448. The fourth-order valence-corrected chi connectivity index (χ4v) is 1.78. The molecule has 0 spiro atoms. The van der Waals surface area contributed by atoms with Crippen LogP contribution < -0.4 is 0 Å². The molecule has 0 saturated carbocycles. The van der Waals surface area contributed by atoms with Crippen molar-refractivity contribution in [1.29, 1.82) is 0 Å². The molecule has 0 radical (unpaired) electrons. The van der Waals surface area contributed by atoms with E-state index in [1.165, 1.54) is 16.3 Å². The van der Waals surface area contributed by atoms with Crippen LogP contribution in [-0.2, 0) is 6.42 Å². The number of fused-ring (bicyclic) bond motifs is 1. The summed E-state index contributed by atoms with van der Waals surface area (Å²) in [6, 6.07) is 14.7. The van der Waals surface area contributed by atoms with Crippen molar-refractivity contribution in [3.63, 3.8) is 0 Å². The Hall–Kier alpha value is -1.34. The van der Waals surface area contributed by atoms with Crippen molar-refractivity contribution in [1.82, 2.24) is 0 Å². The Labute approximate surface area is 90.4 Å². The van der Waals surface area contributed by atoms with E-state index in [1.54, 1.807) is 0 Å². The highest BCUT2D eigenvalue weighted by Gasteiger charge is 2.02. The predicted octanol–water partition coefficient (Wildman–Crippen LogP) is 3.15. The van der Waals surface area contributed by atoms with Crippen LogP contribution in [0.5, 0.6) is 0 Å². The van der Waals surface area contributed by atoms with E-state index >= 15 is 0 Å². The van der Waals surface area contributed by atoms with Gasteiger partial charge in [0.2, 0.25) is 0 Å². The van der Waals surface area contributed by atoms with Crippen molar-refractivity contribution in [3.8, 4) is 0 Å². The number of hydrogen-bond acceptors (Lipinski definition) is 1. The van der Waals surface area contributed by atoms with Gasteiger partial charge in [-0.1, -0.05) is 49.4 Å². The van der Waals surface area contributed by atoms with E-state index in [0.717, 1.165) is 12.8 Å². The summed E-state index contributed by atoms with van der Waals surface area (Å²) in [6.45, 7) is 2.01. The topological polar surface area (TPSA) is 20.2 Å². The molecule has 0 aromatic heterocycles. The molecular formula is C14H16O. The second-order valence-corrected chi connectivity index (χ2v) is 3.95. The van der Waals surface area contributed by atoms with Crippen LogP contribution in [0, 0.1) is 0 Å². The molecule has 0 amide bonds. The minimum atomic E-state index is -0.217. The van der Waals surface area contributed by atoms with Gasteiger partial charge in [-0.3, -0.25) is 0 Å². The lowest BCUT2D eigenvalue weighted by atomic mass is 10.0. The summed E-state index contributed by atoms with van der Waals surface area (Å²) in [6.07, 6.45) is 1.35. The summed E-state index contributed by atoms with van der Waals surface area (Å²) in [5, 5.41) is 12.1. The summed E-state index contributed by atoms with van der Waals surface area (Å²) in [7, 11) is 0. The smallest absolute Gasteiger partial charge is 0.0577 e. The van der Waals surface area contributed by atoms with E-state index in [4.69, 9.17) is 0 Å². The summed E-state index contributed by atoms with van der Waals surface area (Å²) in [4.78, 5) is 0. The summed E-state index contributed by atoms with van der Waals surface area (Å²) in [5.41, 5.74) is 1.21. The average Bonchev–Trinajstić information content (AvgIpc) is 2.29. The van der Waals surface area contributed by atoms with Crippen molar-refractivity contribution in [2.45, 2.75) is 25.9 Å². The Kier molecular flexibility index (Phi) is 3.02. The Balaban J connectivity index is 2.30. The first kappa shape index (κ1) is 10.2. The van der Waals surface area contributed by atoms with E-state index in [1.807, 2.05) is 19.1 Å². The maximum atomic E-state index is 9.58. The molecule has 1 nitrogen and oxygen atoms in total. The van der Waals surface area contributed by atoms with E-state index in [2.05, 4.69) is 30.3 Å². The van der Waals surface area contributed by atoms with Gasteiger partial charge in [-0.05, 0) is 29.2 Å². The van der Waals surface area contributed by atoms with Gasteiger partial charge in [-0.15, -0.1) is 0 Å². The van der Waals surface area contributed by atoms with Gasteiger partial charge in [0.05, 0.1) is 6.10 Å². The predicted molar refractivity (Wildman–Crippen MR) is 63.9 cm³/mol. The number of aliphatic hydroxyl groups excluding tert-OH is 1. The third kappa shape index (κ3) is 2.37. The van der Waals surface area contributed by atoms with Gasteiger partial charge in [0.1, 0.15) is 0 Å². The second-order valence-electron chi connectivity index (χ2n) is 3.95. The minimum absolute atomic E-state index is 0.217.